The molecule has 2 aromatic rings. The maximum Gasteiger partial charge on any atom is 0.434 e. The van der Waals surface area contributed by atoms with Crippen molar-refractivity contribution >= 4 is 17.3 Å². The lowest BCUT2D eigenvalue weighted by molar-refractivity contribution is -0.140. The molecule has 0 aromatic carbocycles. The molecule has 0 spiro atoms. The summed E-state index contributed by atoms with van der Waals surface area (Å²) >= 11 is 1.03. The van der Waals surface area contributed by atoms with E-state index in [0.29, 0.717) is 18.0 Å². The molecule has 0 amide bonds. The van der Waals surface area contributed by atoms with Gasteiger partial charge in [-0.2, -0.15) is 13.2 Å². The molecule has 2 aromatic heterocycles. The monoisotopic (exact) mass is 402 g/mol. The summed E-state index contributed by atoms with van der Waals surface area (Å²) in [5.41, 5.74) is 0.0859. The van der Waals surface area contributed by atoms with E-state index in [1.54, 1.807) is 13.3 Å². The zero-order chi connectivity index (χ0) is 19.3. The van der Waals surface area contributed by atoms with E-state index in [4.69, 9.17) is 4.52 Å². The van der Waals surface area contributed by atoms with Crippen LogP contribution < -0.4 is 5.32 Å². The van der Waals surface area contributed by atoms with Gasteiger partial charge in [0, 0.05) is 64.2 Å². The van der Waals surface area contributed by atoms with Crippen LogP contribution in [0.1, 0.15) is 16.4 Å². The van der Waals surface area contributed by atoms with Gasteiger partial charge in [0.05, 0.1) is 10.7 Å². The number of thiazole rings is 1. The highest BCUT2D eigenvalue weighted by atomic mass is 32.1. The molecule has 0 aliphatic carbocycles. The molecule has 7 nitrogen and oxygen atoms in total. The number of nitrogens with zero attached hydrogens (tertiary/aromatic N) is 5. The minimum Gasteiger partial charge on any atom is -0.364 e. The van der Waals surface area contributed by atoms with E-state index in [1.165, 1.54) is 0 Å². The SMILES string of the molecule is CN=C(NCCc1nc(C(F)(F)F)cs1)N1CCN(Cc2ccon2)CC1. The summed E-state index contributed by atoms with van der Waals surface area (Å²) in [5.74, 6) is 0.753. The molecule has 3 rings (SSSR count). The van der Waals surface area contributed by atoms with Gasteiger partial charge in [-0.1, -0.05) is 5.16 Å². The molecule has 11 heteroatoms. The molecule has 0 bridgehead atoms. The smallest absolute Gasteiger partial charge is 0.364 e. The Labute approximate surface area is 158 Å². The van der Waals surface area contributed by atoms with E-state index in [9.17, 15) is 13.2 Å². The van der Waals surface area contributed by atoms with Gasteiger partial charge < -0.3 is 14.7 Å². The Morgan fingerprint density at radius 2 is 2.11 bits per heavy atom. The zero-order valence-corrected chi connectivity index (χ0v) is 15.7. The summed E-state index contributed by atoms with van der Waals surface area (Å²) < 4.78 is 42.6. The largest absolute Gasteiger partial charge is 0.434 e. The summed E-state index contributed by atoms with van der Waals surface area (Å²) in [6.07, 6.45) is -2.40. The lowest BCUT2D eigenvalue weighted by Crippen LogP contribution is -2.52. The van der Waals surface area contributed by atoms with Crippen molar-refractivity contribution in [1.82, 2.24) is 25.3 Å². The molecule has 0 radical (unpaired) electrons. The Morgan fingerprint density at radius 3 is 2.70 bits per heavy atom. The maximum absolute atomic E-state index is 12.6. The van der Waals surface area contributed by atoms with Gasteiger partial charge in [0.2, 0.25) is 0 Å². The molecule has 1 aliphatic rings. The third-order valence-electron chi connectivity index (χ3n) is 4.22. The Hall–Kier alpha value is -2.14. The van der Waals surface area contributed by atoms with Crippen LogP contribution in [0, 0.1) is 0 Å². The van der Waals surface area contributed by atoms with E-state index < -0.39 is 11.9 Å². The molecule has 0 unspecified atom stereocenters. The molecule has 1 saturated heterocycles. The number of nitrogens with one attached hydrogen (secondary N) is 1. The predicted molar refractivity (Wildman–Crippen MR) is 95.5 cm³/mol. The van der Waals surface area contributed by atoms with E-state index in [-0.39, 0.29) is 0 Å². The molecule has 148 valence electrons. The summed E-state index contributed by atoms with van der Waals surface area (Å²) in [7, 11) is 1.70. The molecule has 0 atom stereocenters. The van der Waals surface area contributed by atoms with Crippen molar-refractivity contribution in [2.75, 3.05) is 39.8 Å². The number of guanidine groups is 1. The first-order valence-electron chi connectivity index (χ1n) is 8.54. The van der Waals surface area contributed by atoms with Gasteiger partial charge in [-0.15, -0.1) is 11.3 Å². The highest BCUT2D eigenvalue weighted by Gasteiger charge is 2.33. The molecule has 1 aliphatic heterocycles. The quantitative estimate of drug-likeness (QED) is 0.610. The summed E-state index contributed by atoms with van der Waals surface area (Å²) in [5, 5.41) is 8.65. The number of aromatic nitrogens is 2. The lowest BCUT2D eigenvalue weighted by Gasteiger charge is -2.36. The van der Waals surface area contributed by atoms with Crippen molar-refractivity contribution in [2.45, 2.75) is 19.1 Å². The van der Waals surface area contributed by atoms with Crippen LogP contribution in [-0.2, 0) is 19.1 Å². The van der Waals surface area contributed by atoms with Crippen LogP contribution in [-0.4, -0.2) is 65.7 Å². The maximum atomic E-state index is 12.6. The Morgan fingerprint density at radius 1 is 1.33 bits per heavy atom. The molecule has 0 saturated carbocycles. The lowest BCUT2D eigenvalue weighted by atomic mass is 10.3. The van der Waals surface area contributed by atoms with Crippen LogP contribution in [0.3, 0.4) is 0 Å². The zero-order valence-electron chi connectivity index (χ0n) is 14.9. The highest BCUT2D eigenvalue weighted by molar-refractivity contribution is 7.09. The van der Waals surface area contributed by atoms with Gasteiger partial charge in [0.1, 0.15) is 6.26 Å². The average Bonchev–Trinajstić information content (AvgIpc) is 3.31. The molecular formula is C16H21F3N6OS. The van der Waals surface area contributed by atoms with Crippen molar-refractivity contribution in [3.8, 4) is 0 Å². The second-order valence-electron chi connectivity index (χ2n) is 6.10. The van der Waals surface area contributed by atoms with Crippen LogP contribution in [0.2, 0.25) is 0 Å². The number of rotatable bonds is 5. The van der Waals surface area contributed by atoms with Gasteiger partial charge in [-0.05, 0) is 0 Å². The topological polar surface area (TPSA) is 69.8 Å². The molecular weight excluding hydrogens is 381 g/mol. The van der Waals surface area contributed by atoms with E-state index >= 15 is 0 Å². The standard InChI is InChI=1S/C16H21F3N6OS/c1-20-15(21-4-2-14-22-13(11-27-14)16(17,18)19)25-7-5-24(6-8-25)10-12-3-9-26-23-12/h3,9,11H,2,4-8,10H2,1H3,(H,20,21). The summed E-state index contributed by atoms with van der Waals surface area (Å²) in [6, 6.07) is 1.86. The minimum atomic E-state index is -4.39. The van der Waals surface area contributed by atoms with Gasteiger partial charge in [-0.25, -0.2) is 4.98 Å². The fraction of sp³-hybridized carbons (Fsp3) is 0.562. The van der Waals surface area contributed by atoms with E-state index in [0.717, 1.165) is 61.1 Å². The first-order chi connectivity index (χ1) is 13.0. The number of hydrogen-bond acceptors (Lipinski definition) is 6. The number of alkyl halides is 3. The molecule has 1 N–H and O–H groups in total. The van der Waals surface area contributed by atoms with Crippen molar-refractivity contribution in [1.29, 1.82) is 0 Å². The number of piperazine rings is 1. The number of aliphatic imine (C=N–C) groups is 1. The Kier molecular flexibility index (Phi) is 6.32. The summed E-state index contributed by atoms with van der Waals surface area (Å²) in [4.78, 5) is 12.3. The fourth-order valence-electron chi connectivity index (χ4n) is 2.84. The molecule has 3 heterocycles. The van der Waals surface area contributed by atoms with Crippen molar-refractivity contribution in [3.63, 3.8) is 0 Å². The van der Waals surface area contributed by atoms with Crippen molar-refractivity contribution in [3.05, 3.63) is 34.1 Å². The second kappa shape index (κ2) is 8.70. The van der Waals surface area contributed by atoms with Gasteiger partial charge >= 0.3 is 6.18 Å². The first kappa shape index (κ1) is 19.6. The normalized spacial score (nSPS) is 16.7. The van der Waals surface area contributed by atoms with Crippen molar-refractivity contribution < 1.29 is 17.7 Å². The Bertz CT molecular complexity index is 738. The third kappa shape index (κ3) is 5.42. The summed E-state index contributed by atoms with van der Waals surface area (Å²) in [6.45, 7) is 4.60. The van der Waals surface area contributed by atoms with Crippen molar-refractivity contribution in [2.24, 2.45) is 4.99 Å². The van der Waals surface area contributed by atoms with Gasteiger partial charge in [0.25, 0.3) is 0 Å². The van der Waals surface area contributed by atoms with Crippen LogP contribution in [0.15, 0.2) is 27.2 Å². The van der Waals surface area contributed by atoms with E-state index in [2.05, 4.69) is 30.2 Å². The molecule has 1 fully saturated rings. The first-order valence-corrected chi connectivity index (χ1v) is 9.42. The average molecular weight is 402 g/mol. The number of halogens is 3. The fourth-order valence-corrected chi connectivity index (χ4v) is 3.64. The molecule has 27 heavy (non-hydrogen) atoms. The minimum absolute atomic E-state index is 0.423. The van der Waals surface area contributed by atoms with Gasteiger partial charge in [-0.3, -0.25) is 9.89 Å². The van der Waals surface area contributed by atoms with Crippen LogP contribution in [0.5, 0.6) is 0 Å². The highest BCUT2D eigenvalue weighted by Crippen LogP contribution is 2.30. The Balaban J connectivity index is 1.42. The van der Waals surface area contributed by atoms with Gasteiger partial charge in [0.15, 0.2) is 11.7 Å². The van der Waals surface area contributed by atoms with Crippen LogP contribution in [0.25, 0.3) is 0 Å². The van der Waals surface area contributed by atoms with Crippen LogP contribution >= 0.6 is 11.3 Å². The number of hydrogen-bond donors (Lipinski definition) is 1. The predicted octanol–water partition coefficient (Wildman–Crippen LogP) is 2.09. The van der Waals surface area contributed by atoms with Crippen LogP contribution in [0.4, 0.5) is 13.2 Å². The van der Waals surface area contributed by atoms with E-state index in [1.807, 2.05) is 6.07 Å². The third-order valence-corrected chi connectivity index (χ3v) is 5.13. The second-order valence-corrected chi connectivity index (χ2v) is 7.04.